The molecular weight excluding hydrogens is 420 g/mol. The molecule has 5 rings (SSSR count). The topological polar surface area (TPSA) is 94.0 Å². The smallest absolute Gasteiger partial charge is 0.123 e. The maximum Gasteiger partial charge on any atom is 0.123 e. The second-order valence-corrected chi connectivity index (χ2v) is 11.1. The van der Waals surface area contributed by atoms with E-state index in [1.807, 2.05) is 0 Å². The van der Waals surface area contributed by atoms with Crippen LogP contribution in [-0.4, -0.2) is 80.4 Å². The lowest BCUT2D eigenvalue weighted by atomic mass is 9.80. The molecule has 33 heavy (non-hydrogen) atoms. The molecule has 0 bridgehead atoms. The van der Waals surface area contributed by atoms with Crippen LogP contribution < -0.4 is 10.9 Å². The van der Waals surface area contributed by atoms with Gasteiger partial charge in [-0.25, -0.2) is 20.9 Å². The van der Waals surface area contributed by atoms with Crippen molar-refractivity contribution in [3.05, 3.63) is 0 Å². The van der Waals surface area contributed by atoms with E-state index >= 15 is 0 Å². The third-order valence-corrected chi connectivity index (χ3v) is 8.98. The van der Waals surface area contributed by atoms with Gasteiger partial charge < -0.3 is 10.2 Å². The van der Waals surface area contributed by atoms with Crippen molar-refractivity contribution in [2.75, 3.05) is 26.3 Å². The summed E-state index contributed by atoms with van der Waals surface area (Å²) in [6, 6.07) is 1.71. The lowest BCUT2D eigenvalue weighted by Gasteiger charge is -2.35. The Morgan fingerprint density at radius 3 is 1.39 bits per heavy atom. The van der Waals surface area contributed by atoms with Gasteiger partial charge in [0.2, 0.25) is 0 Å². The number of nitrogens with zero attached hydrogens (tertiary/aromatic N) is 4. The number of hydrogen-bond acceptors (Lipinski definition) is 7. The van der Waals surface area contributed by atoms with Crippen molar-refractivity contribution in [3.8, 4) is 0 Å². The van der Waals surface area contributed by atoms with Crippen molar-refractivity contribution in [3.63, 3.8) is 0 Å². The normalized spacial score (nSPS) is 38.1. The Labute approximate surface area is 198 Å². The fourth-order valence-electron chi connectivity index (χ4n) is 7.55. The predicted molar refractivity (Wildman–Crippen MR) is 126 cm³/mol. The van der Waals surface area contributed by atoms with Gasteiger partial charge in [0, 0.05) is 25.2 Å². The molecule has 1 aromatic heterocycles. The van der Waals surface area contributed by atoms with Gasteiger partial charge in [0.1, 0.15) is 12.1 Å². The van der Waals surface area contributed by atoms with Crippen LogP contribution in [0.3, 0.4) is 0 Å². The van der Waals surface area contributed by atoms with Gasteiger partial charge in [-0.05, 0) is 51.4 Å². The molecule has 4 aliphatic rings. The highest BCUT2D eigenvalue weighted by molar-refractivity contribution is 5.01. The van der Waals surface area contributed by atoms with Crippen LogP contribution in [0.1, 0.15) is 90.1 Å². The van der Waals surface area contributed by atoms with E-state index < -0.39 is 0 Å². The van der Waals surface area contributed by atoms with E-state index in [4.69, 9.17) is 4.63 Å². The monoisotopic (exact) mass is 466 g/mol. The molecule has 2 saturated carbocycles. The minimum absolute atomic E-state index is 0.170. The molecule has 0 aromatic carbocycles. The van der Waals surface area contributed by atoms with Crippen LogP contribution in [-0.2, 0) is 0 Å². The van der Waals surface area contributed by atoms with Crippen molar-refractivity contribution in [1.29, 1.82) is 0 Å². The molecule has 2 aliphatic heterocycles. The number of nitrogens with one attached hydrogen (secondary N) is 2. The average Bonchev–Trinajstić information content (AvgIpc) is 3.43. The largest absolute Gasteiger partial charge is 0.395 e. The summed E-state index contributed by atoms with van der Waals surface area (Å²) in [5.74, 6) is 1.27. The molecule has 6 atom stereocenters. The standard InChI is InChI=1S/C24H46N6O3/c1-17-21(23(27(25-17)13-15-31)19-9-5-3-6-10-19)29-30(33-29)22-18(2)26-28(14-16-32)24(22)20-11-7-4-8-12-20/h17-26,31-32H,3-16H2,1-2H3. The second kappa shape index (κ2) is 10.4. The zero-order valence-electron chi connectivity index (χ0n) is 20.6. The molecule has 4 fully saturated rings. The first-order valence-electron chi connectivity index (χ1n) is 13.7. The highest BCUT2D eigenvalue weighted by Crippen LogP contribution is 2.44. The first-order chi connectivity index (χ1) is 16.1. The lowest BCUT2D eigenvalue weighted by molar-refractivity contribution is 0.0731. The SMILES string of the molecule is CC1NN(CCO)C(C2CCCCC2)C1n1on1C1C(C)NN(CCO)C1C1CCCCC1. The van der Waals surface area contributed by atoms with Gasteiger partial charge in [-0.2, -0.15) is 0 Å². The number of aliphatic hydroxyl groups excluding tert-OH is 2. The lowest BCUT2D eigenvalue weighted by Crippen LogP contribution is -2.46. The van der Waals surface area contributed by atoms with Gasteiger partial charge in [0.25, 0.3) is 0 Å². The Kier molecular flexibility index (Phi) is 7.54. The third-order valence-electron chi connectivity index (χ3n) is 8.98. The number of hydrogen-bond donors (Lipinski definition) is 4. The zero-order chi connectivity index (χ0) is 22.9. The fraction of sp³-hybridized carbons (Fsp3) is 1.00. The molecule has 9 nitrogen and oxygen atoms in total. The van der Waals surface area contributed by atoms with Crippen molar-refractivity contribution >= 4 is 0 Å². The Balaban J connectivity index is 1.40. The van der Waals surface area contributed by atoms with Crippen LogP contribution in [0, 0.1) is 11.8 Å². The summed E-state index contributed by atoms with van der Waals surface area (Å²) in [5, 5.41) is 24.0. The minimum Gasteiger partial charge on any atom is -0.395 e. The molecule has 9 heteroatoms. The summed E-state index contributed by atoms with van der Waals surface area (Å²) >= 11 is 0. The number of hydrazine groups is 2. The average molecular weight is 467 g/mol. The molecule has 0 radical (unpaired) electrons. The Morgan fingerprint density at radius 2 is 1.03 bits per heavy atom. The van der Waals surface area contributed by atoms with Gasteiger partial charge in [-0.1, -0.05) is 48.2 Å². The highest BCUT2D eigenvalue weighted by atomic mass is 16.8. The number of aliphatic hydroxyl groups is 2. The Hall–Kier alpha value is -0.840. The molecule has 190 valence electrons. The van der Waals surface area contributed by atoms with Crippen LogP contribution in [0.15, 0.2) is 4.63 Å². The van der Waals surface area contributed by atoms with Crippen LogP contribution in [0.5, 0.6) is 0 Å². The van der Waals surface area contributed by atoms with Crippen LogP contribution in [0.25, 0.3) is 0 Å². The molecule has 0 amide bonds. The first kappa shape index (κ1) is 23.9. The highest BCUT2D eigenvalue weighted by Gasteiger charge is 2.53. The van der Waals surface area contributed by atoms with Gasteiger partial charge in [0.15, 0.2) is 0 Å². The number of β-amino-alcohol motifs (C(OH)–C–C–N with tert-alkyl or cyclic N) is 2. The third kappa shape index (κ3) is 4.69. The van der Waals surface area contributed by atoms with Crippen molar-refractivity contribution in [2.24, 2.45) is 11.8 Å². The fourth-order valence-corrected chi connectivity index (χ4v) is 7.55. The van der Waals surface area contributed by atoms with E-state index in [1.165, 1.54) is 64.2 Å². The van der Waals surface area contributed by atoms with E-state index in [0.29, 0.717) is 37.0 Å². The van der Waals surface area contributed by atoms with Crippen LogP contribution in [0.2, 0.25) is 0 Å². The van der Waals surface area contributed by atoms with E-state index in [9.17, 15) is 10.2 Å². The second-order valence-electron chi connectivity index (χ2n) is 11.1. The van der Waals surface area contributed by atoms with Gasteiger partial charge >= 0.3 is 0 Å². The van der Waals surface area contributed by atoms with Crippen molar-refractivity contribution in [1.82, 2.24) is 30.6 Å². The van der Waals surface area contributed by atoms with E-state index in [2.05, 4.69) is 44.4 Å². The zero-order valence-corrected chi connectivity index (χ0v) is 20.6. The summed E-state index contributed by atoms with van der Waals surface area (Å²) in [5.41, 5.74) is 7.33. The summed E-state index contributed by atoms with van der Waals surface area (Å²) in [4.78, 5) is 4.32. The molecule has 6 unspecified atom stereocenters. The van der Waals surface area contributed by atoms with Gasteiger partial charge in [-0.3, -0.25) is 4.63 Å². The maximum absolute atomic E-state index is 9.72. The number of aromatic nitrogens is 2. The van der Waals surface area contributed by atoms with Crippen molar-refractivity contribution < 1.29 is 14.8 Å². The summed E-state index contributed by atoms with van der Waals surface area (Å²) in [7, 11) is 0. The molecule has 1 aromatic rings. The van der Waals surface area contributed by atoms with Crippen LogP contribution >= 0.6 is 0 Å². The molecule has 4 N–H and O–H groups in total. The minimum atomic E-state index is 0.170. The molecule has 0 spiro atoms. The quantitative estimate of drug-likeness (QED) is 0.467. The molecular formula is C24H46N6O3. The van der Waals surface area contributed by atoms with E-state index in [-0.39, 0.29) is 37.4 Å². The Bertz CT molecular complexity index is 655. The number of rotatable bonds is 8. The van der Waals surface area contributed by atoms with Crippen molar-refractivity contribution in [2.45, 2.75) is 114 Å². The van der Waals surface area contributed by atoms with Gasteiger partial charge in [-0.15, -0.1) is 0 Å². The molecule has 3 heterocycles. The molecule has 2 saturated heterocycles. The first-order valence-corrected chi connectivity index (χ1v) is 13.7. The predicted octanol–water partition coefficient (Wildman–Crippen LogP) is 2.26. The van der Waals surface area contributed by atoms with Crippen LogP contribution in [0.4, 0.5) is 0 Å². The summed E-state index contributed by atoms with van der Waals surface area (Å²) in [6.45, 7) is 6.17. The maximum atomic E-state index is 9.72. The van der Waals surface area contributed by atoms with Gasteiger partial charge in [0.05, 0.1) is 25.3 Å². The van der Waals surface area contributed by atoms with E-state index in [0.717, 1.165) is 0 Å². The Morgan fingerprint density at radius 1 is 0.636 bits per heavy atom. The summed E-state index contributed by atoms with van der Waals surface area (Å²) < 4.78 is 6.33. The summed E-state index contributed by atoms with van der Waals surface area (Å²) in [6.07, 6.45) is 13.0. The molecule has 2 aliphatic carbocycles. The van der Waals surface area contributed by atoms with E-state index in [1.54, 1.807) is 0 Å².